The van der Waals surface area contributed by atoms with E-state index >= 15 is 0 Å². The largest absolute Gasteiger partial charge is 0.374 e. The second-order valence-corrected chi connectivity index (χ2v) is 3.66. The summed E-state index contributed by atoms with van der Waals surface area (Å²) in [6.07, 6.45) is 1.39. The van der Waals surface area contributed by atoms with Gasteiger partial charge >= 0.3 is 0 Å². The summed E-state index contributed by atoms with van der Waals surface area (Å²) in [7, 11) is 3.51. The van der Waals surface area contributed by atoms with E-state index in [9.17, 15) is 9.59 Å². The molecule has 76 valence electrons. The van der Waals surface area contributed by atoms with Crippen molar-refractivity contribution >= 4 is 11.6 Å². The van der Waals surface area contributed by atoms with Crippen LogP contribution in [-0.4, -0.2) is 30.6 Å². The molecule has 1 aliphatic carbocycles. The number of allylic oxidation sites excluding steroid dienone is 2. The highest BCUT2D eigenvalue weighted by atomic mass is 16.1. The normalized spacial score (nSPS) is 14.7. The molecule has 0 heterocycles. The first kappa shape index (κ1) is 9.65. The van der Waals surface area contributed by atoms with Gasteiger partial charge in [0.1, 0.15) is 0 Å². The minimum absolute atomic E-state index is 0.0878. The molecule has 15 heavy (non-hydrogen) atoms. The predicted molar refractivity (Wildman–Crippen MR) is 56.9 cm³/mol. The van der Waals surface area contributed by atoms with Gasteiger partial charge in [0, 0.05) is 31.3 Å². The van der Waals surface area contributed by atoms with E-state index in [1.54, 1.807) is 43.3 Å². The van der Waals surface area contributed by atoms with E-state index in [4.69, 9.17) is 0 Å². The SMILES string of the molecule is CN(C)C1=CC(=O)c2ccccc2C1=O. The molecule has 3 nitrogen and oxygen atoms in total. The highest BCUT2D eigenvalue weighted by molar-refractivity contribution is 6.24. The molecule has 1 aromatic rings. The molecular formula is C12H11NO2. The van der Waals surface area contributed by atoms with Crippen molar-refractivity contribution in [3.8, 4) is 0 Å². The summed E-state index contributed by atoms with van der Waals surface area (Å²) in [5.41, 5.74) is 1.43. The number of hydrogen-bond donors (Lipinski definition) is 0. The Hall–Kier alpha value is -1.90. The lowest BCUT2D eigenvalue weighted by Gasteiger charge is -2.20. The molecule has 0 aliphatic heterocycles. The number of nitrogens with zero attached hydrogens (tertiary/aromatic N) is 1. The molecule has 2 rings (SSSR count). The van der Waals surface area contributed by atoms with Crippen LogP contribution >= 0.6 is 0 Å². The van der Waals surface area contributed by atoms with Gasteiger partial charge in [-0.2, -0.15) is 0 Å². The first-order valence-electron chi connectivity index (χ1n) is 4.68. The van der Waals surface area contributed by atoms with Crippen molar-refractivity contribution in [2.24, 2.45) is 0 Å². The van der Waals surface area contributed by atoms with E-state index in [1.807, 2.05) is 0 Å². The van der Waals surface area contributed by atoms with Crippen molar-refractivity contribution < 1.29 is 9.59 Å². The summed E-state index contributed by atoms with van der Waals surface area (Å²) in [5.74, 6) is -0.191. The zero-order valence-electron chi connectivity index (χ0n) is 8.65. The molecule has 0 bridgehead atoms. The first-order chi connectivity index (χ1) is 7.11. The van der Waals surface area contributed by atoms with Crippen LogP contribution in [0.25, 0.3) is 0 Å². The zero-order chi connectivity index (χ0) is 11.0. The minimum atomic E-state index is -0.103. The molecule has 1 aromatic carbocycles. The quantitative estimate of drug-likeness (QED) is 0.691. The maximum atomic E-state index is 11.9. The summed E-state index contributed by atoms with van der Waals surface area (Å²) >= 11 is 0. The molecule has 0 saturated carbocycles. The lowest BCUT2D eigenvalue weighted by atomic mass is 9.92. The summed E-state index contributed by atoms with van der Waals surface area (Å²) in [6, 6.07) is 6.89. The van der Waals surface area contributed by atoms with Crippen molar-refractivity contribution in [1.82, 2.24) is 4.90 Å². The third-order valence-corrected chi connectivity index (χ3v) is 2.42. The van der Waals surface area contributed by atoms with Gasteiger partial charge in [-0.3, -0.25) is 9.59 Å². The molecule has 0 unspecified atom stereocenters. The molecule has 0 atom stereocenters. The van der Waals surface area contributed by atoms with Gasteiger partial charge in [-0.25, -0.2) is 0 Å². The Bertz CT molecular complexity index is 472. The highest BCUT2D eigenvalue weighted by Crippen LogP contribution is 2.21. The van der Waals surface area contributed by atoms with Crippen LogP contribution in [0, 0.1) is 0 Å². The van der Waals surface area contributed by atoms with E-state index in [2.05, 4.69) is 0 Å². The predicted octanol–water partition coefficient (Wildman–Crippen LogP) is 1.51. The molecule has 0 fully saturated rings. The maximum absolute atomic E-state index is 11.9. The molecule has 0 saturated heterocycles. The van der Waals surface area contributed by atoms with Crippen LogP contribution in [0.15, 0.2) is 36.0 Å². The smallest absolute Gasteiger partial charge is 0.209 e. The van der Waals surface area contributed by atoms with Crippen molar-refractivity contribution in [3.63, 3.8) is 0 Å². The lowest BCUT2D eigenvalue weighted by molar-refractivity contribution is 0.0962. The average molecular weight is 201 g/mol. The summed E-state index contributed by atoms with van der Waals surface area (Å²) < 4.78 is 0. The van der Waals surface area contributed by atoms with Crippen LogP contribution in [0.4, 0.5) is 0 Å². The molecule has 1 aliphatic rings. The van der Waals surface area contributed by atoms with E-state index < -0.39 is 0 Å². The van der Waals surface area contributed by atoms with E-state index in [-0.39, 0.29) is 11.6 Å². The average Bonchev–Trinajstić information content (AvgIpc) is 2.23. The van der Waals surface area contributed by atoms with Gasteiger partial charge in [-0.05, 0) is 0 Å². The Morgan fingerprint density at radius 3 is 2.20 bits per heavy atom. The van der Waals surface area contributed by atoms with Gasteiger partial charge in [-0.1, -0.05) is 24.3 Å². The number of benzene rings is 1. The van der Waals surface area contributed by atoms with Gasteiger partial charge in [0.15, 0.2) is 5.78 Å². The number of fused-ring (bicyclic) bond motifs is 1. The van der Waals surface area contributed by atoms with Gasteiger partial charge in [0.2, 0.25) is 5.78 Å². The van der Waals surface area contributed by atoms with Crippen molar-refractivity contribution in [3.05, 3.63) is 47.2 Å². The third kappa shape index (κ3) is 1.46. The van der Waals surface area contributed by atoms with Crippen LogP contribution in [-0.2, 0) is 0 Å². The second kappa shape index (κ2) is 3.35. The minimum Gasteiger partial charge on any atom is -0.374 e. The van der Waals surface area contributed by atoms with Crippen LogP contribution in [0.5, 0.6) is 0 Å². The fraction of sp³-hybridized carbons (Fsp3) is 0.167. The van der Waals surface area contributed by atoms with E-state index in [0.717, 1.165) is 0 Å². The van der Waals surface area contributed by atoms with Gasteiger partial charge < -0.3 is 4.90 Å². The van der Waals surface area contributed by atoms with Gasteiger partial charge in [-0.15, -0.1) is 0 Å². The highest BCUT2D eigenvalue weighted by Gasteiger charge is 2.25. The Morgan fingerprint density at radius 1 is 1.00 bits per heavy atom. The van der Waals surface area contributed by atoms with Crippen molar-refractivity contribution in [2.45, 2.75) is 0 Å². The summed E-state index contributed by atoms with van der Waals surface area (Å²) in [5, 5.41) is 0. The maximum Gasteiger partial charge on any atom is 0.209 e. The molecular weight excluding hydrogens is 190 g/mol. The molecule has 0 aromatic heterocycles. The number of carbonyl (C=O) groups is 2. The fourth-order valence-corrected chi connectivity index (χ4v) is 1.63. The Labute approximate surface area is 88.0 Å². The Balaban J connectivity index is 2.59. The Kier molecular flexibility index (Phi) is 2.15. The number of Topliss-reactive ketones (excluding diaryl/α,β-unsaturated/α-hetero) is 1. The van der Waals surface area contributed by atoms with E-state index in [1.165, 1.54) is 6.08 Å². The number of hydrogen-bond acceptors (Lipinski definition) is 3. The molecule has 0 N–H and O–H groups in total. The first-order valence-corrected chi connectivity index (χ1v) is 4.68. The lowest BCUT2D eigenvalue weighted by Crippen LogP contribution is -2.25. The van der Waals surface area contributed by atoms with E-state index in [0.29, 0.717) is 16.8 Å². The summed E-state index contributed by atoms with van der Waals surface area (Å²) in [6.45, 7) is 0. The number of likely N-dealkylation sites (N-methyl/N-ethyl adjacent to an activating group) is 1. The number of carbonyl (C=O) groups excluding carboxylic acids is 2. The molecule has 0 radical (unpaired) electrons. The Morgan fingerprint density at radius 2 is 1.60 bits per heavy atom. The second-order valence-electron chi connectivity index (χ2n) is 3.66. The van der Waals surface area contributed by atoms with Crippen molar-refractivity contribution in [1.29, 1.82) is 0 Å². The number of rotatable bonds is 1. The monoisotopic (exact) mass is 201 g/mol. The van der Waals surface area contributed by atoms with Crippen molar-refractivity contribution in [2.75, 3.05) is 14.1 Å². The van der Waals surface area contributed by atoms with Crippen LogP contribution in [0.3, 0.4) is 0 Å². The zero-order valence-corrected chi connectivity index (χ0v) is 8.65. The standard InChI is InChI=1S/C12H11NO2/c1-13(2)10-7-11(14)8-5-3-4-6-9(8)12(10)15/h3-7H,1-2H3. The van der Waals surface area contributed by atoms with Gasteiger partial charge in [0.05, 0.1) is 5.70 Å². The van der Waals surface area contributed by atoms with Crippen LogP contribution in [0.1, 0.15) is 20.7 Å². The molecule has 0 amide bonds. The van der Waals surface area contributed by atoms with Crippen LogP contribution in [0.2, 0.25) is 0 Å². The number of ketones is 2. The summed E-state index contributed by atoms with van der Waals surface area (Å²) in [4.78, 5) is 25.3. The van der Waals surface area contributed by atoms with Gasteiger partial charge in [0.25, 0.3) is 0 Å². The third-order valence-electron chi connectivity index (χ3n) is 2.42. The molecule has 3 heteroatoms. The van der Waals surface area contributed by atoms with Crippen LogP contribution < -0.4 is 0 Å². The fourth-order valence-electron chi connectivity index (χ4n) is 1.63. The topological polar surface area (TPSA) is 37.4 Å². The molecule has 0 spiro atoms.